The minimum atomic E-state index is 0.376. The number of aryl methyl sites for hydroxylation is 1. The molecule has 3 nitrogen and oxygen atoms in total. The van der Waals surface area contributed by atoms with E-state index in [4.69, 9.17) is 0 Å². The van der Waals surface area contributed by atoms with Crippen LogP contribution in [0.2, 0.25) is 0 Å². The highest BCUT2D eigenvalue weighted by molar-refractivity contribution is 5.09. The van der Waals surface area contributed by atoms with Gasteiger partial charge in [0.05, 0.1) is 6.20 Å². The molecular weight excluding hydrogens is 222 g/mol. The normalized spacial score (nSPS) is 13.8. The lowest BCUT2D eigenvalue weighted by Gasteiger charge is -2.26. The van der Waals surface area contributed by atoms with Gasteiger partial charge in [0.25, 0.3) is 0 Å². The number of hydrogen-bond acceptors (Lipinski definition) is 2. The summed E-state index contributed by atoms with van der Waals surface area (Å²) in [4.78, 5) is 0. The summed E-state index contributed by atoms with van der Waals surface area (Å²) in [7, 11) is 1.97. The van der Waals surface area contributed by atoms with Crippen molar-refractivity contribution in [1.82, 2.24) is 15.1 Å². The van der Waals surface area contributed by atoms with E-state index >= 15 is 0 Å². The zero-order valence-electron chi connectivity index (χ0n) is 12.8. The Morgan fingerprint density at radius 2 is 1.67 bits per heavy atom. The molecule has 0 bridgehead atoms. The summed E-state index contributed by atoms with van der Waals surface area (Å²) in [6.07, 6.45) is 6.53. The van der Waals surface area contributed by atoms with E-state index in [0.717, 1.165) is 11.8 Å². The third kappa shape index (κ3) is 5.21. The van der Waals surface area contributed by atoms with Crippen LogP contribution in [0.3, 0.4) is 0 Å². The Bertz CT molecular complexity index is 331. The highest BCUT2D eigenvalue weighted by Crippen LogP contribution is 2.18. The highest BCUT2D eigenvalue weighted by Gasteiger charge is 2.16. The standard InChI is InChI=1S/C15H29N3/c1-11(2)7-15(8-12(3)4)17-13(5)14-9-16-18(6)10-14/h9-13,15,17H,7-8H2,1-6H3. The maximum atomic E-state index is 4.24. The van der Waals surface area contributed by atoms with Crippen LogP contribution in [0, 0.1) is 11.8 Å². The molecule has 1 atom stereocenters. The molecule has 0 aliphatic heterocycles. The second-order valence-electron chi connectivity index (χ2n) is 6.29. The third-order valence-corrected chi connectivity index (χ3v) is 3.22. The van der Waals surface area contributed by atoms with Gasteiger partial charge in [-0.05, 0) is 31.6 Å². The smallest absolute Gasteiger partial charge is 0.0537 e. The van der Waals surface area contributed by atoms with Crippen LogP contribution in [0.15, 0.2) is 12.4 Å². The van der Waals surface area contributed by atoms with Crippen molar-refractivity contribution in [2.45, 2.75) is 59.5 Å². The molecule has 1 aromatic heterocycles. The van der Waals surface area contributed by atoms with Gasteiger partial charge in [-0.15, -0.1) is 0 Å². The average molecular weight is 251 g/mol. The second-order valence-corrected chi connectivity index (χ2v) is 6.29. The lowest BCUT2D eigenvalue weighted by Crippen LogP contribution is -2.33. The molecule has 1 unspecified atom stereocenters. The van der Waals surface area contributed by atoms with Gasteiger partial charge >= 0.3 is 0 Å². The van der Waals surface area contributed by atoms with E-state index in [-0.39, 0.29) is 0 Å². The van der Waals surface area contributed by atoms with Crippen molar-refractivity contribution in [3.8, 4) is 0 Å². The fraction of sp³-hybridized carbons (Fsp3) is 0.800. The van der Waals surface area contributed by atoms with Gasteiger partial charge < -0.3 is 5.32 Å². The molecule has 1 rings (SSSR count). The van der Waals surface area contributed by atoms with Crippen LogP contribution in [0.4, 0.5) is 0 Å². The van der Waals surface area contributed by atoms with Gasteiger partial charge in [-0.2, -0.15) is 5.10 Å². The molecule has 1 N–H and O–H groups in total. The van der Waals surface area contributed by atoms with Crippen molar-refractivity contribution < 1.29 is 0 Å². The SMILES string of the molecule is CC(C)CC(CC(C)C)NC(C)c1cnn(C)c1. The maximum Gasteiger partial charge on any atom is 0.0537 e. The van der Waals surface area contributed by atoms with Crippen LogP contribution in [0.5, 0.6) is 0 Å². The lowest BCUT2D eigenvalue weighted by molar-refractivity contribution is 0.335. The first-order valence-corrected chi connectivity index (χ1v) is 7.13. The van der Waals surface area contributed by atoms with E-state index in [1.807, 2.05) is 17.9 Å². The Kier molecular flexibility index (Phi) is 5.86. The molecule has 1 heterocycles. The zero-order valence-corrected chi connectivity index (χ0v) is 12.8. The fourth-order valence-corrected chi connectivity index (χ4v) is 2.48. The zero-order chi connectivity index (χ0) is 13.7. The van der Waals surface area contributed by atoms with Crippen LogP contribution in [-0.2, 0) is 7.05 Å². The van der Waals surface area contributed by atoms with Crippen LogP contribution < -0.4 is 5.32 Å². The monoisotopic (exact) mass is 251 g/mol. The van der Waals surface area contributed by atoms with Crippen molar-refractivity contribution in [2.24, 2.45) is 18.9 Å². The number of aromatic nitrogens is 2. The third-order valence-electron chi connectivity index (χ3n) is 3.22. The summed E-state index contributed by atoms with van der Waals surface area (Å²) in [5.41, 5.74) is 1.27. The quantitative estimate of drug-likeness (QED) is 0.803. The maximum absolute atomic E-state index is 4.24. The van der Waals surface area contributed by atoms with Gasteiger partial charge in [-0.3, -0.25) is 4.68 Å². The van der Waals surface area contributed by atoms with Crippen LogP contribution in [-0.4, -0.2) is 15.8 Å². The highest BCUT2D eigenvalue weighted by atomic mass is 15.2. The van der Waals surface area contributed by atoms with Gasteiger partial charge in [-0.1, -0.05) is 27.7 Å². The minimum absolute atomic E-state index is 0.376. The summed E-state index contributed by atoms with van der Waals surface area (Å²) in [6.45, 7) is 11.4. The van der Waals surface area contributed by atoms with E-state index < -0.39 is 0 Å². The number of nitrogens with zero attached hydrogens (tertiary/aromatic N) is 2. The average Bonchev–Trinajstić information content (AvgIpc) is 2.62. The van der Waals surface area contributed by atoms with Gasteiger partial charge in [0.1, 0.15) is 0 Å². The van der Waals surface area contributed by atoms with Crippen LogP contribution in [0.1, 0.15) is 59.1 Å². The van der Waals surface area contributed by atoms with Gasteiger partial charge in [0, 0.05) is 30.9 Å². The van der Waals surface area contributed by atoms with Crippen LogP contribution >= 0.6 is 0 Å². The molecule has 0 saturated heterocycles. The van der Waals surface area contributed by atoms with Crippen molar-refractivity contribution in [1.29, 1.82) is 0 Å². The Balaban J connectivity index is 2.58. The number of rotatable bonds is 7. The van der Waals surface area contributed by atoms with E-state index in [2.05, 4.69) is 51.2 Å². The summed E-state index contributed by atoms with van der Waals surface area (Å²) in [5, 5.41) is 8.00. The van der Waals surface area contributed by atoms with E-state index in [1.54, 1.807) is 0 Å². The Labute approximate surface area is 112 Å². The molecule has 0 aliphatic carbocycles. The van der Waals surface area contributed by atoms with Crippen molar-refractivity contribution in [3.63, 3.8) is 0 Å². The summed E-state index contributed by atoms with van der Waals surface area (Å²) in [6, 6.07) is 0.974. The molecule has 1 aromatic rings. The van der Waals surface area contributed by atoms with E-state index in [9.17, 15) is 0 Å². The Morgan fingerprint density at radius 3 is 2.06 bits per heavy atom. The molecule has 0 aromatic carbocycles. The summed E-state index contributed by atoms with van der Waals surface area (Å²) >= 11 is 0. The first-order chi connectivity index (χ1) is 8.38. The molecule has 3 heteroatoms. The van der Waals surface area contributed by atoms with Crippen molar-refractivity contribution >= 4 is 0 Å². The number of hydrogen-bond donors (Lipinski definition) is 1. The topological polar surface area (TPSA) is 29.9 Å². The van der Waals surface area contributed by atoms with Gasteiger partial charge in [0.15, 0.2) is 0 Å². The van der Waals surface area contributed by atoms with Crippen LogP contribution in [0.25, 0.3) is 0 Å². The molecule has 0 amide bonds. The van der Waals surface area contributed by atoms with E-state index in [0.29, 0.717) is 12.1 Å². The largest absolute Gasteiger partial charge is 0.307 e. The second kappa shape index (κ2) is 6.93. The van der Waals surface area contributed by atoms with Crippen molar-refractivity contribution in [2.75, 3.05) is 0 Å². The minimum Gasteiger partial charge on any atom is -0.307 e. The molecule has 0 saturated carbocycles. The van der Waals surface area contributed by atoms with E-state index in [1.165, 1.54) is 18.4 Å². The molecule has 0 aliphatic rings. The van der Waals surface area contributed by atoms with Crippen molar-refractivity contribution in [3.05, 3.63) is 18.0 Å². The predicted octanol–water partition coefficient (Wildman–Crippen LogP) is 3.53. The predicted molar refractivity (Wildman–Crippen MR) is 77.5 cm³/mol. The Morgan fingerprint density at radius 1 is 1.11 bits per heavy atom. The summed E-state index contributed by atoms with van der Waals surface area (Å²) < 4.78 is 1.87. The first-order valence-electron chi connectivity index (χ1n) is 7.13. The van der Waals surface area contributed by atoms with Gasteiger partial charge in [-0.25, -0.2) is 0 Å². The van der Waals surface area contributed by atoms with Gasteiger partial charge in [0.2, 0.25) is 0 Å². The first kappa shape index (κ1) is 15.2. The lowest BCUT2D eigenvalue weighted by atomic mass is 9.94. The molecule has 0 spiro atoms. The molecule has 104 valence electrons. The molecular formula is C15H29N3. The molecule has 0 radical (unpaired) electrons. The molecule has 0 fully saturated rings. The Hall–Kier alpha value is -0.830. The molecule has 18 heavy (non-hydrogen) atoms. The summed E-state index contributed by atoms with van der Waals surface area (Å²) in [5.74, 6) is 1.48. The number of nitrogens with one attached hydrogen (secondary N) is 1. The fourth-order valence-electron chi connectivity index (χ4n) is 2.48.